The quantitative estimate of drug-likeness (QED) is 0.178. The lowest BCUT2D eigenvalue weighted by Crippen LogP contribution is -2.30. The van der Waals surface area contributed by atoms with Crippen LogP contribution in [0.5, 0.6) is 23.0 Å². The van der Waals surface area contributed by atoms with Gasteiger partial charge in [-0.05, 0) is 48.5 Å². The predicted octanol–water partition coefficient (Wildman–Crippen LogP) is 6.21. The summed E-state index contributed by atoms with van der Waals surface area (Å²) in [6.07, 6.45) is 1.43. The highest BCUT2D eigenvalue weighted by Crippen LogP contribution is 2.38. The zero-order valence-electron chi connectivity index (χ0n) is 19.8. The molecule has 12 heteroatoms. The van der Waals surface area contributed by atoms with Crippen LogP contribution in [0.1, 0.15) is 5.56 Å². The van der Waals surface area contributed by atoms with E-state index in [9.17, 15) is 9.18 Å². The third-order valence-corrected chi connectivity index (χ3v) is 6.54. The van der Waals surface area contributed by atoms with Crippen molar-refractivity contribution in [3.63, 3.8) is 0 Å². The molecule has 0 unspecified atom stereocenters. The van der Waals surface area contributed by atoms with Crippen molar-refractivity contribution in [2.45, 2.75) is 0 Å². The molecule has 0 saturated carbocycles. The van der Waals surface area contributed by atoms with Gasteiger partial charge in [-0.3, -0.25) is 4.79 Å². The van der Waals surface area contributed by atoms with E-state index in [0.717, 1.165) is 16.3 Å². The normalized spacial score (nSPS) is 11.1. The lowest BCUT2D eigenvalue weighted by Gasteiger charge is -2.16. The molecule has 0 radical (unpaired) electrons. The Balaban J connectivity index is 1.68. The summed E-state index contributed by atoms with van der Waals surface area (Å²) >= 11 is 13.2. The average Bonchev–Trinajstić information content (AvgIpc) is 3.30. The van der Waals surface area contributed by atoms with E-state index in [-0.39, 0.29) is 15.9 Å². The maximum atomic E-state index is 13.7. The van der Waals surface area contributed by atoms with E-state index < -0.39 is 18.3 Å². The summed E-state index contributed by atoms with van der Waals surface area (Å²) in [5.74, 6) is 0.557. The van der Waals surface area contributed by atoms with Crippen LogP contribution in [0.4, 0.5) is 9.52 Å². The molecule has 1 amide bonds. The van der Waals surface area contributed by atoms with Crippen LogP contribution in [0.2, 0.25) is 10.0 Å². The minimum atomic E-state index is -0.547. The molecule has 0 bridgehead atoms. The van der Waals surface area contributed by atoms with Gasteiger partial charge in [-0.1, -0.05) is 34.5 Å². The van der Waals surface area contributed by atoms with Crippen molar-refractivity contribution in [1.29, 1.82) is 0 Å². The fraction of sp³-hybridized carbons (Fsp3) is 0.160. The molecule has 0 aliphatic carbocycles. The number of halogens is 3. The Bertz CT molecular complexity index is 1460. The second-order valence-electron chi connectivity index (χ2n) is 7.38. The summed E-state index contributed by atoms with van der Waals surface area (Å²) in [5, 5.41) is 6.35. The molecule has 3 aromatic carbocycles. The summed E-state index contributed by atoms with van der Waals surface area (Å²) in [6, 6.07) is 12.2. The van der Waals surface area contributed by atoms with Gasteiger partial charge in [0, 0.05) is 10.6 Å². The third kappa shape index (κ3) is 6.04. The molecule has 0 atom stereocenters. The van der Waals surface area contributed by atoms with E-state index >= 15 is 0 Å². The molecule has 4 rings (SSSR count). The Morgan fingerprint density at radius 2 is 1.76 bits per heavy atom. The first-order valence-corrected chi connectivity index (χ1v) is 12.2. The Morgan fingerprint density at radius 3 is 2.41 bits per heavy atom. The van der Waals surface area contributed by atoms with Gasteiger partial charge >= 0.3 is 0 Å². The third-order valence-electron chi connectivity index (χ3n) is 5.01. The van der Waals surface area contributed by atoms with Crippen molar-refractivity contribution in [3.05, 3.63) is 70.0 Å². The summed E-state index contributed by atoms with van der Waals surface area (Å²) in [4.78, 5) is 17.7. The molecule has 0 saturated heterocycles. The molecule has 1 heterocycles. The number of benzene rings is 3. The van der Waals surface area contributed by atoms with E-state index in [1.54, 1.807) is 24.3 Å². The second-order valence-corrected chi connectivity index (χ2v) is 9.23. The molecule has 0 fully saturated rings. The molecule has 192 valence electrons. The first-order valence-electron chi connectivity index (χ1n) is 10.6. The maximum Gasteiger partial charge on any atom is 0.287 e. The molecule has 8 nitrogen and oxygen atoms in total. The van der Waals surface area contributed by atoms with Gasteiger partial charge in [0.2, 0.25) is 10.9 Å². The largest absolute Gasteiger partial charge is 0.493 e. The fourth-order valence-corrected chi connectivity index (χ4v) is 4.72. The zero-order valence-corrected chi connectivity index (χ0v) is 22.2. The number of amides is 1. The molecular formula is C25H20Cl2FN3O5S. The summed E-state index contributed by atoms with van der Waals surface area (Å²) in [6.45, 7) is -0.405. The summed E-state index contributed by atoms with van der Waals surface area (Å²) in [5.41, 5.74) is 1.07. The molecular weight excluding hydrogens is 544 g/mol. The Labute approximate surface area is 225 Å². The lowest BCUT2D eigenvalue weighted by molar-refractivity contribution is -0.120. The number of thiazole rings is 1. The standard InChI is InChI=1S/C25H20Cl2FN3O5S/c1-33-20-8-14(9-21(34-2)24(20)35-3)12-29-31(25-30-18-6-5-16(28)11-22(18)37-25)23(32)13-36-19-7-4-15(26)10-17(19)27/h4-12H,13H2,1-3H3/b29-12+. The topological polar surface area (TPSA) is 82.5 Å². The van der Waals surface area contributed by atoms with E-state index in [1.807, 2.05) is 0 Å². The van der Waals surface area contributed by atoms with Crippen molar-refractivity contribution in [2.75, 3.05) is 32.9 Å². The van der Waals surface area contributed by atoms with Gasteiger partial charge < -0.3 is 18.9 Å². The number of hydrogen-bond acceptors (Lipinski definition) is 8. The van der Waals surface area contributed by atoms with Crippen LogP contribution in [-0.2, 0) is 4.79 Å². The molecule has 1 aromatic heterocycles. The van der Waals surface area contributed by atoms with Gasteiger partial charge in [-0.2, -0.15) is 10.1 Å². The maximum absolute atomic E-state index is 13.7. The lowest BCUT2D eigenvalue weighted by atomic mass is 10.2. The van der Waals surface area contributed by atoms with Crippen molar-refractivity contribution in [3.8, 4) is 23.0 Å². The molecule has 0 spiro atoms. The Morgan fingerprint density at radius 1 is 1.03 bits per heavy atom. The Kier molecular flexibility index (Phi) is 8.32. The smallest absolute Gasteiger partial charge is 0.287 e. The van der Waals surface area contributed by atoms with Crippen LogP contribution in [0.15, 0.2) is 53.6 Å². The number of fused-ring (bicyclic) bond motifs is 1. The Hall–Kier alpha value is -3.60. The van der Waals surface area contributed by atoms with Crippen molar-refractivity contribution >= 4 is 62.0 Å². The number of rotatable bonds is 9. The number of carbonyl (C=O) groups is 1. The monoisotopic (exact) mass is 563 g/mol. The number of carbonyl (C=O) groups excluding carboxylic acids is 1. The minimum Gasteiger partial charge on any atom is -0.493 e. The molecule has 0 aliphatic heterocycles. The predicted molar refractivity (Wildman–Crippen MR) is 143 cm³/mol. The van der Waals surface area contributed by atoms with Gasteiger partial charge in [0.05, 0.1) is 42.8 Å². The van der Waals surface area contributed by atoms with Crippen LogP contribution in [0.3, 0.4) is 0 Å². The van der Waals surface area contributed by atoms with Crippen LogP contribution >= 0.6 is 34.5 Å². The van der Waals surface area contributed by atoms with Crippen molar-refractivity contribution in [2.24, 2.45) is 5.10 Å². The first kappa shape index (κ1) is 26.5. The molecule has 4 aromatic rings. The van der Waals surface area contributed by atoms with Crippen molar-refractivity contribution < 1.29 is 28.1 Å². The zero-order chi connectivity index (χ0) is 26.5. The summed E-state index contributed by atoms with van der Waals surface area (Å²) in [7, 11) is 4.48. The number of nitrogens with zero attached hydrogens (tertiary/aromatic N) is 3. The highest BCUT2D eigenvalue weighted by Gasteiger charge is 2.21. The van der Waals surface area contributed by atoms with Crippen LogP contribution in [0.25, 0.3) is 10.2 Å². The van der Waals surface area contributed by atoms with Gasteiger partial charge in [0.15, 0.2) is 18.1 Å². The number of hydrazone groups is 1. The van der Waals surface area contributed by atoms with Gasteiger partial charge in [0.25, 0.3) is 5.91 Å². The van der Waals surface area contributed by atoms with Gasteiger partial charge in [-0.25, -0.2) is 9.37 Å². The number of aromatic nitrogens is 1. The number of anilines is 1. The number of methoxy groups -OCH3 is 3. The molecule has 37 heavy (non-hydrogen) atoms. The van der Waals surface area contributed by atoms with Gasteiger partial charge in [-0.15, -0.1) is 0 Å². The van der Waals surface area contributed by atoms with Crippen LogP contribution in [0, 0.1) is 5.82 Å². The van der Waals surface area contributed by atoms with Crippen LogP contribution < -0.4 is 24.0 Å². The SMILES string of the molecule is COc1cc(/C=N/N(C(=O)COc2ccc(Cl)cc2Cl)c2nc3ccc(F)cc3s2)cc(OC)c1OC. The minimum absolute atomic E-state index is 0.222. The fourth-order valence-electron chi connectivity index (χ4n) is 3.29. The molecule has 0 aliphatic rings. The first-order chi connectivity index (χ1) is 17.8. The van der Waals surface area contributed by atoms with E-state index in [1.165, 1.54) is 51.8 Å². The second kappa shape index (κ2) is 11.6. The highest BCUT2D eigenvalue weighted by atomic mass is 35.5. The van der Waals surface area contributed by atoms with E-state index in [2.05, 4.69) is 10.1 Å². The van der Waals surface area contributed by atoms with Crippen molar-refractivity contribution in [1.82, 2.24) is 4.98 Å². The van der Waals surface area contributed by atoms with E-state index in [4.69, 9.17) is 42.1 Å². The summed E-state index contributed by atoms with van der Waals surface area (Å²) < 4.78 is 36.0. The number of hydrogen-bond donors (Lipinski definition) is 0. The molecule has 0 N–H and O–H groups in total. The van der Waals surface area contributed by atoms with E-state index in [0.29, 0.717) is 38.1 Å². The van der Waals surface area contributed by atoms with Crippen LogP contribution in [-0.4, -0.2) is 45.0 Å². The van der Waals surface area contributed by atoms with Gasteiger partial charge in [0.1, 0.15) is 11.6 Å². The number of ether oxygens (including phenoxy) is 4. The average molecular weight is 564 g/mol. The highest BCUT2D eigenvalue weighted by molar-refractivity contribution is 7.22.